The van der Waals surface area contributed by atoms with Crippen molar-refractivity contribution in [1.29, 1.82) is 0 Å². The average molecular weight is 285 g/mol. The van der Waals surface area contributed by atoms with E-state index in [1.54, 1.807) is 0 Å². The van der Waals surface area contributed by atoms with E-state index in [-0.39, 0.29) is 23.2 Å². The van der Waals surface area contributed by atoms with Crippen molar-refractivity contribution in [3.63, 3.8) is 0 Å². The van der Waals surface area contributed by atoms with Gasteiger partial charge in [-0.15, -0.1) is 0 Å². The molecule has 20 heavy (non-hydrogen) atoms. The molecule has 0 saturated heterocycles. The predicted octanol–water partition coefficient (Wildman–Crippen LogP) is 3.41. The first-order valence-electron chi connectivity index (χ1n) is 6.06. The van der Waals surface area contributed by atoms with Crippen LogP contribution < -0.4 is 5.73 Å². The van der Waals surface area contributed by atoms with Crippen molar-refractivity contribution in [1.82, 2.24) is 10.1 Å². The third-order valence-electron chi connectivity index (χ3n) is 2.89. The van der Waals surface area contributed by atoms with E-state index in [1.165, 1.54) is 12.1 Å². The number of aromatic nitrogens is 2. The summed E-state index contributed by atoms with van der Waals surface area (Å²) >= 11 is 0. The van der Waals surface area contributed by atoms with E-state index >= 15 is 0 Å². The minimum Gasteiger partial charge on any atom is -0.337 e. The summed E-state index contributed by atoms with van der Waals surface area (Å²) in [7, 11) is 0. The zero-order valence-corrected chi connectivity index (χ0v) is 11.0. The smallest absolute Gasteiger partial charge is 0.337 e. The molecule has 0 aliphatic rings. The maximum absolute atomic E-state index is 12.6. The molecule has 0 amide bonds. The van der Waals surface area contributed by atoms with E-state index in [0.29, 0.717) is 0 Å². The average Bonchev–Trinajstić information content (AvgIpc) is 2.86. The van der Waals surface area contributed by atoms with Gasteiger partial charge in [0.25, 0.3) is 0 Å². The highest BCUT2D eigenvalue weighted by Crippen LogP contribution is 2.31. The Kier molecular flexibility index (Phi) is 3.80. The molecule has 1 atom stereocenters. The molecule has 1 aromatic heterocycles. The van der Waals surface area contributed by atoms with Gasteiger partial charge in [0.2, 0.25) is 11.7 Å². The molecule has 0 aliphatic heterocycles. The number of benzene rings is 1. The second kappa shape index (κ2) is 5.24. The number of hydrogen-bond donors (Lipinski definition) is 1. The highest BCUT2D eigenvalue weighted by atomic mass is 19.4. The Hall–Kier alpha value is -1.89. The van der Waals surface area contributed by atoms with Gasteiger partial charge in [-0.2, -0.15) is 18.2 Å². The molecule has 7 heteroatoms. The molecule has 0 aliphatic carbocycles. The van der Waals surface area contributed by atoms with Crippen molar-refractivity contribution in [3.05, 3.63) is 35.7 Å². The van der Waals surface area contributed by atoms with Gasteiger partial charge < -0.3 is 10.3 Å². The van der Waals surface area contributed by atoms with Gasteiger partial charge in [0.05, 0.1) is 11.6 Å². The van der Waals surface area contributed by atoms with Crippen molar-refractivity contribution in [2.45, 2.75) is 26.1 Å². The minimum atomic E-state index is -4.41. The third kappa shape index (κ3) is 2.98. The number of nitrogens with two attached hydrogens (primary N) is 1. The topological polar surface area (TPSA) is 64.9 Å². The summed E-state index contributed by atoms with van der Waals surface area (Å²) in [5.74, 6) is 0.402. The number of nitrogens with zero attached hydrogens (tertiary/aromatic N) is 2. The predicted molar refractivity (Wildman–Crippen MR) is 66.5 cm³/mol. The molecular weight excluding hydrogens is 271 g/mol. The molecule has 0 bridgehead atoms. The zero-order chi connectivity index (χ0) is 14.9. The molecule has 1 aromatic carbocycles. The Morgan fingerprint density at radius 2 is 1.95 bits per heavy atom. The summed E-state index contributed by atoms with van der Waals surface area (Å²) < 4.78 is 42.9. The lowest BCUT2D eigenvalue weighted by molar-refractivity contribution is -0.137. The van der Waals surface area contributed by atoms with Crippen molar-refractivity contribution in [2.24, 2.45) is 11.7 Å². The molecule has 108 valence electrons. The van der Waals surface area contributed by atoms with Crippen molar-refractivity contribution >= 4 is 0 Å². The number of halogens is 3. The van der Waals surface area contributed by atoms with Crippen molar-refractivity contribution in [2.75, 3.05) is 0 Å². The fourth-order valence-electron chi connectivity index (χ4n) is 1.61. The largest absolute Gasteiger partial charge is 0.416 e. The molecule has 1 unspecified atom stereocenters. The van der Waals surface area contributed by atoms with Gasteiger partial charge in [0.1, 0.15) is 0 Å². The standard InChI is InChI=1S/C13H14F3N3O/c1-7(2)10(17)12-18-11(19-20-12)8-4-3-5-9(6-8)13(14,15)16/h3-7,10H,17H2,1-2H3. The lowest BCUT2D eigenvalue weighted by atomic mass is 10.1. The van der Waals surface area contributed by atoms with Crippen LogP contribution in [0.5, 0.6) is 0 Å². The van der Waals surface area contributed by atoms with Gasteiger partial charge in [0.15, 0.2) is 0 Å². The van der Waals surface area contributed by atoms with Crippen molar-refractivity contribution in [3.8, 4) is 11.4 Å². The summed E-state index contributed by atoms with van der Waals surface area (Å²) in [6.45, 7) is 3.78. The summed E-state index contributed by atoms with van der Waals surface area (Å²) in [5, 5.41) is 3.68. The Labute approximate surface area is 113 Å². The van der Waals surface area contributed by atoms with Crippen LogP contribution >= 0.6 is 0 Å². The van der Waals surface area contributed by atoms with Gasteiger partial charge in [0, 0.05) is 5.56 Å². The number of rotatable bonds is 3. The van der Waals surface area contributed by atoms with E-state index in [9.17, 15) is 13.2 Å². The van der Waals surface area contributed by atoms with E-state index in [1.807, 2.05) is 13.8 Å². The molecule has 2 aromatic rings. The fourth-order valence-corrected chi connectivity index (χ4v) is 1.61. The maximum Gasteiger partial charge on any atom is 0.416 e. The van der Waals surface area contributed by atoms with Crippen LogP contribution in [0.25, 0.3) is 11.4 Å². The van der Waals surface area contributed by atoms with Crippen molar-refractivity contribution < 1.29 is 17.7 Å². The van der Waals surface area contributed by atoms with Crippen LogP contribution in [0.1, 0.15) is 31.3 Å². The van der Waals surface area contributed by atoms with Gasteiger partial charge >= 0.3 is 6.18 Å². The van der Waals surface area contributed by atoms with Crippen LogP contribution in [0.15, 0.2) is 28.8 Å². The lowest BCUT2D eigenvalue weighted by Crippen LogP contribution is -2.16. The van der Waals surface area contributed by atoms with E-state index < -0.39 is 17.8 Å². The highest BCUT2D eigenvalue weighted by Gasteiger charge is 2.31. The molecule has 0 spiro atoms. The van der Waals surface area contributed by atoms with Gasteiger partial charge in [-0.3, -0.25) is 0 Å². The first-order valence-corrected chi connectivity index (χ1v) is 6.06. The van der Waals surface area contributed by atoms with E-state index in [2.05, 4.69) is 10.1 Å². The van der Waals surface area contributed by atoms with Crippen LogP contribution in [-0.2, 0) is 6.18 Å². The summed E-state index contributed by atoms with van der Waals surface area (Å²) in [5.41, 5.74) is 5.34. The van der Waals surface area contributed by atoms with E-state index in [4.69, 9.17) is 10.3 Å². The van der Waals surface area contributed by atoms with Crippen LogP contribution in [0.4, 0.5) is 13.2 Å². The molecule has 0 fully saturated rings. The van der Waals surface area contributed by atoms with E-state index in [0.717, 1.165) is 12.1 Å². The molecule has 1 heterocycles. The quantitative estimate of drug-likeness (QED) is 0.938. The SMILES string of the molecule is CC(C)C(N)c1nc(-c2cccc(C(F)(F)F)c2)no1. The number of hydrogen-bond acceptors (Lipinski definition) is 4. The van der Waals surface area contributed by atoms with Gasteiger partial charge in [-0.1, -0.05) is 31.1 Å². The zero-order valence-electron chi connectivity index (χ0n) is 11.0. The van der Waals surface area contributed by atoms with Crippen LogP contribution in [0.3, 0.4) is 0 Å². The monoisotopic (exact) mass is 285 g/mol. The van der Waals surface area contributed by atoms with Crippen LogP contribution in [0, 0.1) is 5.92 Å². The van der Waals surface area contributed by atoms with Gasteiger partial charge in [-0.25, -0.2) is 0 Å². The molecule has 0 saturated carbocycles. The van der Waals surface area contributed by atoms with Gasteiger partial charge in [-0.05, 0) is 18.1 Å². The molecule has 4 nitrogen and oxygen atoms in total. The molecule has 0 radical (unpaired) electrons. The highest BCUT2D eigenvalue weighted by molar-refractivity contribution is 5.55. The maximum atomic E-state index is 12.6. The summed E-state index contributed by atoms with van der Waals surface area (Å²) in [6.07, 6.45) is -4.41. The fraction of sp³-hybridized carbons (Fsp3) is 0.385. The third-order valence-corrected chi connectivity index (χ3v) is 2.89. The van der Waals surface area contributed by atoms with Crippen LogP contribution in [-0.4, -0.2) is 10.1 Å². The van der Waals surface area contributed by atoms with Crippen LogP contribution in [0.2, 0.25) is 0 Å². The lowest BCUT2D eigenvalue weighted by Gasteiger charge is -2.09. The Balaban J connectivity index is 2.33. The second-order valence-corrected chi connectivity index (χ2v) is 4.80. The molecule has 2 rings (SSSR count). The second-order valence-electron chi connectivity index (χ2n) is 4.80. The summed E-state index contributed by atoms with van der Waals surface area (Å²) in [4.78, 5) is 4.05. The Morgan fingerprint density at radius 1 is 1.25 bits per heavy atom. The minimum absolute atomic E-state index is 0.0878. The Morgan fingerprint density at radius 3 is 2.55 bits per heavy atom. The normalized spacial score (nSPS) is 13.8. The Bertz CT molecular complexity index is 593. The summed E-state index contributed by atoms with van der Waals surface area (Å²) in [6, 6.07) is 4.32. The molecule has 2 N–H and O–H groups in total. The molecular formula is C13H14F3N3O. The number of alkyl halides is 3. The first-order chi connectivity index (χ1) is 9.29. The first kappa shape index (κ1) is 14.5.